The van der Waals surface area contributed by atoms with E-state index < -0.39 is 5.82 Å². The lowest BCUT2D eigenvalue weighted by Gasteiger charge is -2.27. The zero-order valence-electron chi connectivity index (χ0n) is 17.2. The van der Waals surface area contributed by atoms with E-state index in [9.17, 15) is 18.8 Å². The van der Waals surface area contributed by atoms with Crippen molar-refractivity contribution < 1.29 is 23.5 Å². The number of likely N-dealkylation sites (N-methyl/N-ethyl adjacent to an activating group) is 1. The van der Waals surface area contributed by atoms with Crippen LogP contribution in [0, 0.1) is 5.82 Å². The number of nitrogens with zero attached hydrogens (tertiary/aromatic N) is 3. The van der Waals surface area contributed by atoms with Gasteiger partial charge >= 0.3 is 0 Å². The number of benzene rings is 1. The molecule has 2 unspecified atom stereocenters. The number of hydrogen-bond acceptors (Lipinski definition) is 4. The van der Waals surface area contributed by atoms with E-state index in [0.717, 1.165) is 12.8 Å². The van der Waals surface area contributed by atoms with E-state index >= 15 is 0 Å². The van der Waals surface area contributed by atoms with Gasteiger partial charge < -0.3 is 19.4 Å². The molecule has 1 aromatic rings. The van der Waals surface area contributed by atoms with Gasteiger partial charge in [-0.3, -0.25) is 14.4 Å². The summed E-state index contributed by atoms with van der Waals surface area (Å²) in [5, 5.41) is 0. The van der Waals surface area contributed by atoms with Gasteiger partial charge in [0.05, 0.1) is 18.2 Å². The van der Waals surface area contributed by atoms with Crippen molar-refractivity contribution in [1.29, 1.82) is 0 Å². The van der Waals surface area contributed by atoms with E-state index in [-0.39, 0.29) is 54.9 Å². The van der Waals surface area contributed by atoms with Gasteiger partial charge in [-0.15, -0.1) is 0 Å². The van der Waals surface area contributed by atoms with Crippen LogP contribution < -0.4 is 4.74 Å². The molecule has 29 heavy (non-hydrogen) atoms. The van der Waals surface area contributed by atoms with Crippen LogP contribution in [0.25, 0.3) is 0 Å². The summed E-state index contributed by atoms with van der Waals surface area (Å²) in [5.41, 5.74) is 0.147. The Morgan fingerprint density at radius 2 is 1.86 bits per heavy atom. The van der Waals surface area contributed by atoms with E-state index in [1.54, 1.807) is 19.0 Å². The predicted molar refractivity (Wildman–Crippen MR) is 105 cm³/mol. The van der Waals surface area contributed by atoms with Gasteiger partial charge in [0.2, 0.25) is 11.8 Å². The van der Waals surface area contributed by atoms with Crippen LogP contribution in [0.5, 0.6) is 5.75 Å². The summed E-state index contributed by atoms with van der Waals surface area (Å²) < 4.78 is 19.8. The van der Waals surface area contributed by atoms with Crippen molar-refractivity contribution in [2.45, 2.75) is 44.7 Å². The Kier molecular flexibility index (Phi) is 6.39. The molecule has 0 aliphatic carbocycles. The Morgan fingerprint density at radius 1 is 1.10 bits per heavy atom. The van der Waals surface area contributed by atoms with E-state index in [1.165, 1.54) is 28.0 Å². The average molecular weight is 405 g/mol. The molecule has 0 radical (unpaired) electrons. The molecule has 2 atom stereocenters. The van der Waals surface area contributed by atoms with Crippen molar-refractivity contribution >= 4 is 17.7 Å². The molecule has 0 N–H and O–H groups in total. The molecule has 2 aliphatic heterocycles. The molecular formula is C21H28FN3O4. The normalized spacial score (nSPS) is 24.6. The van der Waals surface area contributed by atoms with Gasteiger partial charge in [0.15, 0.2) is 0 Å². The maximum absolute atomic E-state index is 13.9. The van der Waals surface area contributed by atoms with Gasteiger partial charge in [-0.1, -0.05) is 0 Å². The Hall–Kier alpha value is -2.64. The minimum atomic E-state index is -0.519. The lowest BCUT2D eigenvalue weighted by molar-refractivity contribution is -0.140. The highest BCUT2D eigenvalue weighted by atomic mass is 19.1. The highest BCUT2D eigenvalue weighted by molar-refractivity contribution is 5.97. The van der Waals surface area contributed by atoms with Gasteiger partial charge in [0.25, 0.3) is 5.91 Å². The second kappa shape index (κ2) is 8.80. The summed E-state index contributed by atoms with van der Waals surface area (Å²) in [7, 11) is 3.26. The minimum absolute atomic E-state index is 0.0281. The average Bonchev–Trinajstić information content (AvgIpc) is 3.17. The van der Waals surface area contributed by atoms with E-state index in [1.807, 2.05) is 6.92 Å². The molecule has 2 heterocycles. The number of amides is 3. The van der Waals surface area contributed by atoms with Crippen LogP contribution in [0.4, 0.5) is 4.39 Å². The SMILES string of the molecule is CC1CCC(=O)N(C)CC(=O)N2CCCC2COc2ccc(F)cc2C(=O)N1C. The first-order valence-electron chi connectivity index (χ1n) is 10.0. The minimum Gasteiger partial charge on any atom is -0.491 e. The van der Waals surface area contributed by atoms with Gasteiger partial charge in [-0.25, -0.2) is 4.39 Å². The largest absolute Gasteiger partial charge is 0.491 e. The molecule has 8 heteroatoms. The Balaban J connectivity index is 1.92. The predicted octanol–water partition coefficient (Wildman–Crippen LogP) is 1.91. The van der Waals surface area contributed by atoms with Gasteiger partial charge in [0, 0.05) is 33.1 Å². The Labute approximate surface area is 170 Å². The van der Waals surface area contributed by atoms with Crippen LogP contribution in [0.3, 0.4) is 0 Å². The van der Waals surface area contributed by atoms with Crippen LogP contribution in [-0.2, 0) is 9.59 Å². The monoisotopic (exact) mass is 405 g/mol. The summed E-state index contributed by atoms with van der Waals surface area (Å²) in [4.78, 5) is 42.8. The van der Waals surface area contributed by atoms with Crippen LogP contribution in [0.2, 0.25) is 0 Å². The van der Waals surface area contributed by atoms with Gasteiger partial charge in [-0.2, -0.15) is 0 Å². The molecule has 0 bridgehead atoms. The molecule has 0 spiro atoms. The van der Waals surface area contributed by atoms with Crippen molar-refractivity contribution in [3.05, 3.63) is 29.6 Å². The fraction of sp³-hybridized carbons (Fsp3) is 0.571. The number of hydrogen-bond donors (Lipinski definition) is 0. The Morgan fingerprint density at radius 3 is 2.62 bits per heavy atom. The number of halogens is 1. The van der Waals surface area contributed by atoms with Crippen molar-refractivity contribution in [2.75, 3.05) is 33.8 Å². The zero-order chi connectivity index (χ0) is 21.1. The van der Waals surface area contributed by atoms with Gasteiger partial charge in [0.1, 0.15) is 18.2 Å². The molecule has 7 nitrogen and oxygen atoms in total. The quantitative estimate of drug-likeness (QED) is 0.661. The lowest BCUT2D eigenvalue weighted by atomic mass is 10.1. The van der Waals surface area contributed by atoms with Crippen molar-refractivity contribution in [3.63, 3.8) is 0 Å². The second-order valence-corrected chi connectivity index (χ2v) is 7.89. The van der Waals surface area contributed by atoms with Crippen molar-refractivity contribution in [2.24, 2.45) is 0 Å². The molecule has 0 saturated carbocycles. The van der Waals surface area contributed by atoms with Crippen LogP contribution in [0.1, 0.15) is 43.0 Å². The fourth-order valence-electron chi connectivity index (χ4n) is 3.81. The summed E-state index contributed by atoms with van der Waals surface area (Å²) in [6.45, 7) is 2.70. The van der Waals surface area contributed by atoms with Crippen LogP contribution in [-0.4, -0.2) is 78.3 Å². The van der Waals surface area contributed by atoms with Crippen molar-refractivity contribution in [1.82, 2.24) is 14.7 Å². The van der Waals surface area contributed by atoms with E-state index in [2.05, 4.69) is 0 Å². The lowest BCUT2D eigenvalue weighted by Crippen LogP contribution is -2.45. The van der Waals surface area contributed by atoms with E-state index in [4.69, 9.17) is 4.74 Å². The number of fused-ring (bicyclic) bond motifs is 2. The number of carbonyl (C=O) groups is 3. The summed E-state index contributed by atoms with van der Waals surface area (Å²) in [6.07, 6.45) is 2.30. The third-order valence-corrected chi connectivity index (χ3v) is 5.86. The molecule has 0 aromatic heterocycles. The number of ether oxygens (including phenoxy) is 1. The van der Waals surface area contributed by atoms with Crippen LogP contribution >= 0.6 is 0 Å². The summed E-state index contributed by atoms with van der Waals surface area (Å²) >= 11 is 0. The molecule has 1 fully saturated rings. The maximum atomic E-state index is 13.9. The highest BCUT2D eigenvalue weighted by Gasteiger charge is 2.31. The molecule has 1 aromatic carbocycles. The first-order chi connectivity index (χ1) is 13.8. The van der Waals surface area contributed by atoms with Crippen molar-refractivity contribution in [3.8, 4) is 5.75 Å². The third kappa shape index (κ3) is 4.68. The van der Waals surface area contributed by atoms with Crippen LogP contribution in [0.15, 0.2) is 18.2 Å². The molecular weight excluding hydrogens is 377 g/mol. The summed E-state index contributed by atoms with van der Waals surface area (Å²) in [5.74, 6) is -0.823. The molecule has 3 amide bonds. The number of rotatable bonds is 0. The number of carbonyl (C=O) groups excluding carboxylic acids is 3. The maximum Gasteiger partial charge on any atom is 0.257 e. The second-order valence-electron chi connectivity index (χ2n) is 7.89. The van der Waals surface area contributed by atoms with Gasteiger partial charge in [-0.05, 0) is 44.4 Å². The third-order valence-electron chi connectivity index (χ3n) is 5.86. The standard InChI is InChI=1S/C21H28FN3O4/c1-14-6-9-19(26)23(2)12-20(27)25-10-4-5-16(25)13-29-18-8-7-15(22)11-17(18)21(28)24(14)3/h7-8,11,14,16H,4-6,9-10,12-13H2,1-3H3. The molecule has 1 saturated heterocycles. The highest BCUT2D eigenvalue weighted by Crippen LogP contribution is 2.25. The Bertz CT molecular complexity index is 800. The van der Waals surface area contributed by atoms with E-state index in [0.29, 0.717) is 18.7 Å². The molecule has 158 valence electrons. The first-order valence-corrected chi connectivity index (χ1v) is 10.0. The topological polar surface area (TPSA) is 70.2 Å². The molecule has 2 aliphatic rings. The smallest absolute Gasteiger partial charge is 0.257 e. The first kappa shape index (κ1) is 21.1. The molecule has 3 rings (SSSR count). The zero-order valence-corrected chi connectivity index (χ0v) is 17.2. The fourth-order valence-corrected chi connectivity index (χ4v) is 3.81. The summed E-state index contributed by atoms with van der Waals surface area (Å²) in [6, 6.07) is 3.52.